The van der Waals surface area contributed by atoms with Crippen molar-refractivity contribution in [3.63, 3.8) is 0 Å². The quantitative estimate of drug-likeness (QED) is 0.157. The number of nitrogens with zero attached hydrogens (tertiary/aromatic N) is 4. The highest BCUT2D eigenvalue weighted by molar-refractivity contribution is 5.92. The van der Waals surface area contributed by atoms with Gasteiger partial charge in [0, 0.05) is 46.3 Å². The number of piperazine rings is 1. The summed E-state index contributed by atoms with van der Waals surface area (Å²) in [7, 11) is 3.22. The number of rotatable bonds is 8. The molecule has 12 heteroatoms. The maximum absolute atomic E-state index is 12.3. The van der Waals surface area contributed by atoms with Gasteiger partial charge in [-0.15, -0.1) is 0 Å². The second-order valence-electron chi connectivity index (χ2n) is 11.5. The molecule has 12 nitrogen and oxygen atoms in total. The lowest BCUT2D eigenvalue weighted by molar-refractivity contribution is -0.142. The number of likely N-dealkylation sites (N-methyl/N-ethyl adjacent to an activating group) is 1. The number of methoxy groups -OCH3 is 1. The van der Waals surface area contributed by atoms with Crippen LogP contribution in [0, 0.1) is 11.3 Å². The zero-order chi connectivity index (χ0) is 27.9. The Morgan fingerprint density at radius 2 is 1.68 bits per heavy atom. The van der Waals surface area contributed by atoms with E-state index in [2.05, 4.69) is 15.1 Å². The number of guanidine groups is 1. The Morgan fingerprint density at radius 1 is 1.05 bits per heavy atom. The summed E-state index contributed by atoms with van der Waals surface area (Å²) in [6, 6.07) is 0.0240. The van der Waals surface area contributed by atoms with E-state index in [0.717, 1.165) is 77.8 Å². The Bertz CT molecular complexity index is 833. The summed E-state index contributed by atoms with van der Waals surface area (Å²) in [4.78, 5) is 43.7. The van der Waals surface area contributed by atoms with Crippen molar-refractivity contribution in [2.24, 2.45) is 5.92 Å². The summed E-state index contributed by atoms with van der Waals surface area (Å²) < 4.78 is 15.7. The average Bonchev–Trinajstić information content (AvgIpc) is 3.14. The molecule has 0 aliphatic carbocycles. The number of carbonyl (C=O) groups is 3. The molecule has 3 heterocycles. The van der Waals surface area contributed by atoms with Crippen molar-refractivity contribution >= 4 is 24.1 Å². The van der Waals surface area contributed by atoms with E-state index in [4.69, 9.17) is 19.6 Å². The number of unbranched alkanes of at least 4 members (excludes halogenated alkanes) is 1. The van der Waals surface area contributed by atoms with E-state index in [1.54, 1.807) is 25.7 Å². The maximum Gasteiger partial charge on any atom is 0.414 e. The molecular weight excluding hydrogens is 492 g/mol. The number of nitrogens with one attached hydrogen (secondary N) is 2. The fourth-order valence-electron chi connectivity index (χ4n) is 5.38. The third-order valence-corrected chi connectivity index (χ3v) is 7.60. The van der Waals surface area contributed by atoms with Gasteiger partial charge in [-0.25, -0.2) is 9.59 Å². The van der Waals surface area contributed by atoms with Gasteiger partial charge in [0.15, 0.2) is 6.23 Å². The van der Waals surface area contributed by atoms with Gasteiger partial charge in [0.25, 0.3) is 0 Å². The molecule has 2 N–H and O–H groups in total. The van der Waals surface area contributed by atoms with Crippen LogP contribution in [0.5, 0.6) is 0 Å². The predicted molar refractivity (Wildman–Crippen MR) is 142 cm³/mol. The van der Waals surface area contributed by atoms with Crippen molar-refractivity contribution in [1.82, 2.24) is 24.9 Å². The minimum atomic E-state index is -0.592. The fraction of sp³-hybridized carbons (Fsp3) is 0.846. The van der Waals surface area contributed by atoms with E-state index in [0.29, 0.717) is 12.5 Å². The minimum absolute atomic E-state index is 0.0240. The highest BCUT2D eigenvalue weighted by atomic mass is 16.6. The van der Waals surface area contributed by atoms with Crippen molar-refractivity contribution in [3.8, 4) is 0 Å². The van der Waals surface area contributed by atoms with Gasteiger partial charge in [0.1, 0.15) is 5.60 Å². The Kier molecular flexibility index (Phi) is 10.6. The smallest absolute Gasteiger partial charge is 0.414 e. The molecule has 3 rings (SSSR count). The second-order valence-corrected chi connectivity index (χ2v) is 11.5. The Morgan fingerprint density at radius 3 is 2.29 bits per heavy atom. The average molecular weight is 539 g/mol. The van der Waals surface area contributed by atoms with Gasteiger partial charge < -0.3 is 24.0 Å². The number of cyclic esters (lactones) is 1. The first-order chi connectivity index (χ1) is 18.0. The highest BCUT2D eigenvalue weighted by Gasteiger charge is 2.43. The maximum atomic E-state index is 12.3. The summed E-state index contributed by atoms with van der Waals surface area (Å²) in [6.07, 6.45) is 4.96. The monoisotopic (exact) mass is 538 g/mol. The van der Waals surface area contributed by atoms with Crippen LogP contribution in [-0.4, -0.2) is 122 Å². The standard InChI is InChI=1S/C26H46N6O6/c1-26(2,3)38-24(34)28-23(27)32-12-10-19(11-13-32)8-6-7-9-20-22(37-25(35)29(20)4)31-16-14-30(15-17-31)18-21(33)36-5/h19-20,22H,6-18H2,1-5H3,(H2,27,28,34). The second kappa shape index (κ2) is 13.5. The number of ether oxygens (including phenoxy) is 3. The molecule has 3 saturated heterocycles. The van der Waals surface area contributed by atoms with Crippen LogP contribution in [0.4, 0.5) is 9.59 Å². The number of amides is 2. The molecule has 2 amide bonds. The molecule has 0 saturated carbocycles. The van der Waals surface area contributed by atoms with Gasteiger partial charge in [0.2, 0.25) is 5.96 Å². The minimum Gasteiger partial charge on any atom is -0.468 e. The SMILES string of the molecule is COC(=O)CN1CCN(C2OC(=O)N(C)C2CCCCC2CCN(C(=N)NC(=O)OC(C)(C)C)CC2)CC1. The van der Waals surface area contributed by atoms with Crippen LogP contribution in [0.2, 0.25) is 0 Å². The molecule has 3 fully saturated rings. The van der Waals surface area contributed by atoms with E-state index in [1.807, 2.05) is 11.9 Å². The number of esters is 1. The summed E-state index contributed by atoms with van der Waals surface area (Å²) >= 11 is 0. The van der Waals surface area contributed by atoms with Gasteiger partial charge >= 0.3 is 18.2 Å². The number of hydrogen-bond acceptors (Lipinski definition) is 9. The zero-order valence-corrected chi connectivity index (χ0v) is 23.7. The highest BCUT2D eigenvalue weighted by Crippen LogP contribution is 2.28. The third kappa shape index (κ3) is 8.72. The van der Waals surface area contributed by atoms with Crippen molar-refractivity contribution in [2.75, 3.05) is 60.0 Å². The summed E-state index contributed by atoms with van der Waals surface area (Å²) in [5.41, 5.74) is -0.592. The van der Waals surface area contributed by atoms with Gasteiger partial charge in [-0.05, 0) is 46.0 Å². The number of hydrogen-bond donors (Lipinski definition) is 2. The van der Waals surface area contributed by atoms with Crippen LogP contribution >= 0.6 is 0 Å². The van der Waals surface area contributed by atoms with Gasteiger partial charge in [-0.3, -0.25) is 25.3 Å². The molecular formula is C26H46N6O6. The number of piperidine rings is 1. The van der Waals surface area contributed by atoms with E-state index < -0.39 is 11.7 Å². The Hall–Kier alpha value is -2.60. The van der Waals surface area contributed by atoms with Crippen LogP contribution in [-0.2, 0) is 19.0 Å². The lowest BCUT2D eigenvalue weighted by Gasteiger charge is -2.38. The van der Waals surface area contributed by atoms with Crippen molar-refractivity contribution in [2.45, 2.75) is 77.2 Å². The Labute approximate surface area is 226 Å². The van der Waals surface area contributed by atoms with E-state index in [-0.39, 0.29) is 30.3 Å². The number of carbonyl (C=O) groups excluding carboxylic acids is 3. The molecule has 2 unspecified atom stereocenters. The Balaban J connectivity index is 1.35. The molecule has 0 aromatic carbocycles. The molecule has 3 aliphatic heterocycles. The van der Waals surface area contributed by atoms with Gasteiger partial charge in [0.05, 0.1) is 19.7 Å². The van der Waals surface area contributed by atoms with E-state index in [1.165, 1.54) is 7.11 Å². The van der Waals surface area contributed by atoms with Crippen molar-refractivity contribution in [1.29, 1.82) is 5.41 Å². The van der Waals surface area contributed by atoms with Crippen LogP contribution in [0.1, 0.15) is 59.3 Å². The van der Waals surface area contributed by atoms with Gasteiger partial charge in [-0.1, -0.05) is 19.3 Å². The molecule has 2 atom stereocenters. The van der Waals surface area contributed by atoms with E-state index in [9.17, 15) is 14.4 Å². The molecule has 216 valence electrons. The fourth-order valence-corrected chi connectivity index (χ4v) is 5.38. The van der Waals surface area contributed by atoms with Crippen LogP contribution in [0.25, 0.3) is 0 Å². The predicted octanol–water partition coefficient (Wildman–Crippen LogP) is 2.29. The van der Waals surface area contributed by atoms with Crippen molar-refractivity contribution in [3.05, 3.63) is 0 Å². The normalized spacial score (nSPS) is 23.8. The third-order valence-electron chi connectivity index (χ3n) is 7.60. The first-order valence-electron chi connectivity index (χ1n) is 13.8. The lowest BCUT2D eigenvalue weighted by Crippen LogP contribution is -2.54. The molecule has 0 spiro atoms. The molecule has 0 aromatic heterocycles. The van der Waals surface area contributed by atoms with Gasteiger partial charge in [-0.2, -0.15) is 0 Å². The molecule has 0 radical (unpaired) electrons. The molecule has 38 heavy (non-hydrogen) atoms. The summed E-state index contributed by atoms with van der Waals surface area (Å²) in [6.45, 7) is 10.2. The first kappa shape index (κ1) is 29.9. The topological polar surface area (TPSA) is 128 Å². The van der Waals surface area contributed by atoms with Crippen LogP contribution in [0.15, 0.2) is 0 Å². The largest absolute Gasteiger partial charge is 0.468 e. The molecule has 0 bridgehead atoms. The van der Waals surface area contributed by atoms with E-state index >= 15 is 0 Å². The zero-order valence-electron chi connectivity index (χ0n) is 23.7. The van der Waals surface area contributed by atoms with Crippen LogP contribution in [0.3, 0.4) is 0 Å². The number of alkyl carbamates (subject to hydrolysis) is 1. The summed E-state index contributed by atoms with van der Waals surface area (Å²) in [5, 5.41) is 10.7. The van der Waals surface area contributed by atoms with Crippen LogP contribution < -0.4 is 5.32 Å². The van der Waals surface area contributed by atoms with Crippen molar-refractivity contribution < 1.29 is 28.6 Å². The number of likely N-dealkylation sites (tertiary alicyclic amines) is 1. The molecule has 3 aliphatic rings. The lowest BCUT2D eigenvalue weighted by atomic mass is 9.91. The molecule has 0 aromatic rings. The summed E-state index contributed by atoms with van der Waals surface area (Å²) in [5.74, 6) is 0.465. The first-order valence-corrected chi connectivity index (χ1v) is 13.8.